The Bertz CT molecular complexity index is 675. The van der Waals surface area contributed by atoms with Crippen molar-refractivity contribution in [2.75, 3.05) is 19.5 Å². The molecule has 2 rings (SSSR count). The number of hydrogen-bond acceptors (Lipinski definition) is 6. The predicted octanol–water partition coefficient (Wildman–Crippen LogP) is 3.06. The van der Waals surface area contributed by atoms with Crippen molar-refractivity contribution >= 4 is 29.0 Å². The summed E-state index contributed by atoms with van der Waals surface area (Å²) in [6.07, 6.45) is 1.05. The lowest BCUT2D eigenvalue weighted by atomic mass is 10.1. The van der Waals surface area contributed by atoms with Gasteiger partial charge in [0, 0.05) is 5.69 Å². The summed E-state index contributed by atoms with van der Waals surface area (Å²) in [7, 11) is 2.48. The normalized spacial score (nSPS) is 10.9. The summed E-state index contributed by atoms with van der Waals surface area (Å²) in [5, 5.41) is 6.92. The van der Waals surface area contributed by atoms with Crippen LogP contribution in [0.4, 0.5) is 5.69 Å². The van der Waals surface area contributed by atoms with E-state index in [0.717, 1.165) is 17.2 Å². The molecule has 22 heavy (non-hydrogen) atoms. The molecule has 0 saturated carbocycles. The summed E-state index contributed by atoms with van der Waals surface area (Å²) in [5.74, 6) is -1.28. The van der Waals surface area contributed by atoms with Crippen molar-refractivity contribution in [3.8, 4) is 11.1 Å². The molecule has 1 aromatic carbocycles. The maximum atomic E-state index is 11.7. The Hall–Kier alpha value is -2.60. The first kappa shape index (κ1) is 15.8. The van der Waals surface area contributed by atoms with E-state index in [1.165, 1.54) is 14.2 Å². The molecule has 1 N–H and O–H groups in total. The standard InChI is InChI=1S/C16H15NO4S/c1-20-15(18)9-14(16(19)21-2)17-13-5-3-11(4-6-13)12-7-8-22-10-12/h3-10,17H,1-2H3/b14-9+. The van der Waals surface area contributed by atoms with Crippen molar-refractivity contribution < 1.29 is 19.1 Å². The first-order chi connectivity index (χ1) is 10.6. The Morgan fingerprint density at radius 2 is 1.77 bits per heavy atom. The van der Waals surface area contributed by atoms with Crippen molar-refractivity contribution in [2.24, 2.45) is 0 Å². The molecule has 0 aliphatic heterocycles. The Balaban J connectivity index is 2.18. The maximum Gasteiger partial charge on any atom is 0.354 e. The van der Waals surface area contributed by atoms with E-state index in [1.54, 1.807) is 11.3 Å². The van der Waals surface area contributed by atoms with Gasteiger partial charge in [0.25, 0.3) is 0 Å². The fourth-order valence-electron chi connectivity index (χ4n) is 1.76. The van der Waals surface area contributed by atoms with Crippen LogP contribution in [0.2, 0.25) is 0 Å². The minimum absolute atomic E-state index is 0.0117. The average Bonchev–Trinajstić information content (AvgIpc) is 3.08. The van der Waals surface area contributed by atoms with E-state index in [0.29, 0.717) is 5.69 Å². The highest BCUT2D eigenvalue weighted by atomic mass is 32.1. The second kappa shape index (κ2) is 7.42. The number of ether oxygens (including phenoxy) is 2. The molecular weight excluding hydrogens is 302 g/mol. The van der Waals surface area contributed by atoms with Gasteiger partial charge in [-0.3, -0.25) is 0 Å². The van der Waals surface area contributed by atoms with Gasteiger partial charge in [-0.15, -0.1) is 0 Å². The molecule has 0 unspecified atom stereocenters. The zero-order chi connectivity index (χ0) is 15.9. The first-order valence-electron chi connectivity index (χ1n) is 6.41. The van der Waals surface area contributed by atoms with Gasteiger partial charge in [0.2, 0.25) is 0 Å². The van der Waals surface area contributed by atoms with E-state index in [9.17, 15) is 9.59 Å². The van der Waals surface area contributed by atoms with Crippen LogP contribution < -0.4 is 5.32 Å². The number of anilines is 1. The molecule has 5 nitrogen and oxygen atoms in total. The SMILES string of the molecule is COC(=O)/C=C(/Nc1ccc(-c2ccsc2)cc1)C(=O)OC. The Morgan fingerprint density at radius 1 is 1.05 bits per heavy atom. The van der Waals surface area contributed by atoms with E-state index in [2.05, 4.69) is 20.2 Å². The van der Waals surface area contributed by atoms with E-state index < -0.39 is 11.9 Å². The molecule has 2 aromatic rings. The molecule has 0 aliphatic rings. The number of benzene rings is 1. The Labute approximate surface area is 132 Å². The molecule has 6 heteroatoms. The van der Waals surface area contributed by atoms with Crippen LogP contribution in [0.3, 0.4) is 0 Å². The minimum atomic E-state index is -0.646. The molecule has 1 heterocycles. The van der Waals surface area contributed by atoms with Gasteiger partial charge >= 0.3 is 11.9 Å². The van der Waals surface area contributed by atoms with E-state index in [4.69, 9.17) is 0 Å². The molecule has 0 aliphatic carbocycles. The first-order valence-corrected chi connectivity index (χ1v) is 7.36. The Kier molecular flexibility index (Phi) is 5.32. The van der Waals surface area contributed by atoms with Crippen LogP contribution in [0.5, 0.6) is 0 Å². The lowest BCUT2D eigenvalue weighted by molar-refractivity contribution is -0.138. The van der Waals surface area contributed by atoms with Crippen LogP contribution >= 0.6 is 11.3 Å². The van der Waals surface area contributed by atoms with E-state index in [1.807, 2.05) is 35.7 Å². The molecule has 0 saturated heterocycles. The van der Waals surface area contributed by atoms with Crippen molar-refractivity contribution in [1.82, 2.24) is 0 Å². The van der Waals surface area contributed by atoms with Crippen LogP contribution in [0, 0.1) is 0 Å². The van der Waals surface area contributed by atoms with Crippen LogP contribution in [0.1, 0.15) is 0 Å². The zero-order valence-corrected chi connectivity index (χ0v) is 13.0. The molecular formula is C16H15NO4S. The zero-order valence-electron chi connectivity index (χ0n) is 12.2. The van der Waals surface area contributed by atoms with Crippen LogP contribution in [0.25, 0.3) is 11.1 Å². The third-order valence-electron chi connectivity index (χ3n) is 2.89. The number of thiophene rings is 1. The summed E-state index contributed by atoms with van der Waals surface area (Å²) in [4.78, 5) is 23.0. The van der Waals surface area contributed by atoms with Gasteiger partial charge in [-0.25, -0.2) is 9.59 Å². The third kappa shape index (κ3) is 3.95. The molecule has 0 amide bonds. The van der Waals surface area contributed by atoms with Crippen molar-refractivity contribution in [1.29, 1.82) is 0 Å². The lowest BCUT2D eigenvalue weighted by Gasteiger charge is -2.09. The van der Waals surface area contributed by atoms with E-state index in [-0.39, 0.29) is 5.70 Å². The van der Waals surface area contributed by atoms with Gasteiger partial charge in [-0.1, -0.05) is 12.1 Å². The van der Waals surface area contributed by atoms with Crippen molar-refractivity contribution in [2.45, 2.75) is 0 Å². The van der Waals surface area contributed by atoms with E-state index >= 15 is 0 Å². The highest BCUT2D eigenvalue weighted by molar-refractivity contribution is 7.08. The summed E-state index contributed by atoms with van der Waals surface area (Å²) < 4.78 is 9.16. The molecule has 0 bridgehead atoms. The summed E-state index contributed by atoms with van der Waals surface area (Å²) in [6, 6.07) is 9.53. The predicted molar refractivity (Wildman–Crippen MR) is 85.5 cm³/mol. The third-order valence-corrected chi connectivity index (χ3v) is 3.57. The highest BCUT2D eigenvalue weighted by Crippen LogP contribution is 2.24. The van der Waals surface area contributed by atoms with Gasteiger partial charge in [0.1, 0.15) is 5.70 Å². The van der Waals surface area contributed by atoms with Crippen LogP contribution in [-0.4, -0.2) is 26.2 Å². The number of methoxy groups -OCH3 is 2. The van der Waals surface area contributed by atoms with Gasteiger partial charge in [-0.05, 0) is 40.1 Å². The second-order valence-corrected chi connectivity index (χ2v) is 5.07. The summed E-state index contributed by atoms with van der Waals surface area (Å²) >= 11 is 1.63. The van der Waals surface area contributed by atoms with Crippen molar-refractivity contribution in [3.63, 3.8) is 0 Å². The van der Waals surface area contributed by atoms with Gasteiger partial charge < -0.3 is 14.8 Å². The monoisotopic (exact) mass is 317 g/mol. The van der Waals surface area contributed by atoms with Gasteiger partial charge in [-0.2, -0.15) is 11.3 Å². The largest absolute Gasteiger partial charge is 0.466 e. The summed E-state index contributed by atoms with van der Waals surface area (Å²) in [5.41, 5.74) is 2.88. The topological polar surface area (TPSA) is 64.6 Å². The molecule has 114 valence electrons. The van der Waals surface area contributed by atoms with Gasteiger partial charge in [0.15, 0.2) is 0 Å². The molecule has 0 fully saturated rings. The van der Waals surface area contributed by atoms with Gasteiger partial charge in [0.05, 0.1) is 20.3 Å². The van der Waals surface area contributed by atoms with Crippen LogP contribution in [-0.2, 0) is 19.1 Å². The fourth-order valence-corrected chi connectivity index (χ4v) is 2.43. The summed E-state index contributed by atoms with van der Waals surface area (Å²) in [6.45, 7) is 0. The minimum Gasteiger partial charge on any atom is -0.466 e. The second-order valence-electron chi connectivity index (χ2n) is 4.29. The fraction of sp³-hybridized carbons (Fsp3) is 0.125. The smallest absolute Gasteiger partial charge is 0.354 e. The average molecular weight is 317 g/mol. The van der Waals surface area contributed by atoms with Crippen LogP contribution in [0.15, 0.2) is 52.9 Å². The molecule has 0 atom stereocenters. The number of carbonyl (C=O) groups is 2. The number of rotatable bonds is 5. The number of nitrogens with one attached hydrogen (secondary N) is 1. The highest BCUT2D eigenvalue weighted by Gasteiger charge is 2.12. The number of hydrogen-bond donors (Lipinski definition) is 1. The maximum absolute atomic E-state index is 11.7. The van der Waals surface area contributed by atoms with Crippen molar-refractivity contribution in [3.05, 3.63) is 52.9 Å². The Morgan fingerprint density at radius 3 is 2.32 bits per heavy atom. The quantitative estimate of drug-likeness (QED) is 0.678. The number of esters is 2. The molecule has 0 spiro atoms. The molecule has 1 aromatic heterocycles. The molecule has 0 radical (unpaired) electrons. The number of carbonyl (C=O) groups excluding carboxylic acids is 2. The lowest BCUT2D eigenvalue weighted by Crippen LogP contribution is -2.15.